The quantitative estimate of drug-likeness (QED) is 0.740. The van der Waals surface area contributed by atoms with E-state index in [0.29, 0.717) is 17.9 Å². The van der Waals surface area contributed by atoms with Gasteiger partial charge >= 0.3 is 0 Å². The highest BCUT2D eigenvalue weighted by Crippen LogP contribution is 2.32. The summed E-state index contributed by atoms with van der Waals surface area (Å²) in [6.07, 6.45) is 0.571. The number of aromatic amines is 1. The monoisotopic (exact) mass is 372 g/mol. The van der Waals surface area contributed by atoms with Crippen LogP contribution in [-0.2, 0) is 23.0 Å². The number of nitrogens with one attached hydrogen (secondary N) is 1. The van der Waals surface area contributed by atoms with E-state index in [2.05, 4.69) is 4.98 Å². The maximum atomic E-state index is 13.6. The van der Waals surface area contributed by atoms with Gasteiger partial charge < -0.3 is 4.98 Å². The maximum absolute atomic E-state index is 13.6. The van der Waals surface area contributed by atoms with Crippen molar-refractivity contribution < 1.29 is 12.8 Å². The third-order valence-corrected chi connectivity index (χ3v) is 7.26. The van der Waals surface area contributed by atoms with E-state index < -0.39 is 10.0 Å². The summed E-state index contributed by atoms with van der Waals surface area (Å²) in [5.41, 5.74) is 5.31. The van der Waals surface area contributed by atoms with E-state index in [1.807, 2.05) is 32.9 Å². The first-order valence-corrected chi connectivity index (χ1v) is 10.1. The predicted molar refractivity (Wildman–Crippen MR) is 100 cm³/mol. The molecule has 0 fully saturated rings. The highest BCUT2D eigenvalue weighted by Gasteiger charge is 2.32. The van der Waals surface area contributed by atoms with Crippen molar-refractivity contribution in [3.8, 4) is 0 Å². The fourth-order valence-electron chi connectivity index (χ4n) is 4.10. The number of H-pyrrole nitrogens is 1. The van der Waals surface area contributed by atoms with Crippen LogP contribution in [0, 0.1) is 26.6 Å². The Morgan fingerprint density at radius 3 is 2.46 bits per heavy atom. The molecule has 0 atom stereocenters. The second-order valence-corrected chi connectivity index (χ2v) is 8.96. The number of sulfonamides is 1. The molecule has 0 aliphatic carbocycles. The van der Waals surface area contributed by atoms with Gasteiger partial charge in [0.1, 0.15) is 5.82 Å². The highest BCUT2D eigenvalue weighted by molar-refractivity contribution is 7.89. The minimum absolute atomic E-state index is 0.278. The summed E-state index contributed by atoms with van der Waals surface area (Å²) < 4.78 is 41.6. The third-order valence-electron chi connectivity index (χ3n) is 5.10. The number of aryl methyl sites for hydroxylation is 3. The second-order valence-electron chi connectivity index (χ2n) is 7.09. The first-order valence-electron chi connectivity index (χ1n) is 8.64. The van der Waals surface area contributed by atoms with Gasteiger partial charge in [-0.15, -0.1) is 0 Å². The molecule has 136 valence electrons. The molecule has 0 spiro atoms. The predicted octanol–water partition coefficient (Wildman–Crippen LogP) is 3.98. The van der Waals surface area contributed by atoms with Crippen LogP contribution >= 0.6 is 0 Å². The summed E-state index contributed by atoms with van der Waals surface area (Å²) in [5.74, 6) is -0.278. The molecule has 4 rings (SSSR count). The lowest BCUT2D eigenvalue weighted by atomic mass is 10.0. The molecule has 2 aromatic carbocycles. The summed E-state index contributed by atoms with van der Waals surface area (Å²) in [6, 6.07) is 8.44. The second kappa shape index (κ2) is 5.93. The highest BCUT2D eigenvalue weighted by atomic mass is 32.2. The van der Waals surface area contributed by atoms with Gasteiger partial charge in [-0.3, -0.25) is 0 Å². The zero-order chi connectivity index (χ0) is 18.6. The topological polar surface area (TPSA) is 53.2 Å². The molecule has 4 nitrogen and oxygen atoms in total. The lowest BCUT2D eigenvalue weighted by Crippen LogP contribution is -2.36. The van der Waals surface area contributed by atoms with Gasteiger partial charge in [-0.2, -0.15) is 4.31 Å². The SMILES string of the molecule is Cc1cc(C)c(S(=O)(=O)N2CCc3c([nH]c4ccc(F)cc34)C2)c(C)c1. The lowest BCUT2D eigenvalue weighted by molar-refractivity contribution is 0.388. The van der Waals surface area contributed by atoms with Crippen LogP contribution in [0.5, 0.6) is 0 Å². The normalized spacial score (nSPS) is 15.4. The Morgan fingerprint density at radius 2 is 1.77 bits per heavy atom. The molecule has 3 aromatic rings. The van der Waals surface area contributed by atoms with Crippen LogP contribution in [0.4, 0.5) is 4.39 Å². The van der Waals surface area contributed by atoms with E-state index in [0.717, 1.165) is 38.9 Å². The standard InChI is InChI=1S/C20H21FN2O2S/c1-12-8-13(2)20(14(3)9-12)26(24,25)23-7-6-16-17-10-15(21)4-5-18(17)22-19(16)11-23/h4-5,8-10,22H,6-7,11H2,1-3H3. The Bertz CT molecular complexity index is 1110. The average Bonchev–Trinajstić information content (AvgIpc) is 2.90. The zero-order valence-electron chi connectivity index (χ0n) is 15.1. The Labute approximate surface area is 152 Å². The largest absolute Gasteiger partial charge is 0.357 e. The summed E-state index contributed by atoms with van der Waals surface area (Å²) in [6.45, 7) is 6.32. The summed E-state index contributed by atoms with van der Waals surface area (Å²) in [7, 11) is -3.59. The van der Waals surface area contributed by atoms with Crippen molar-refractivity contribution in [2.24, 2.45) is 0 Å². The first-order chi connectivity index (χ1) is 12.3. The number of nitrogens with zero attached hydrogens (tertiary/aromatic N) is 1. The van der Waals surface area contributed by atoms with Gasteiger partial charge in [-0.25, -0.2) is 12.8 Å². The zero-order valence-corrected chi connectivity index (χ0v) is 15.9. The molecule has 6 heteroatoms. The molecule has 0 unspecified atom stereocenters. The van der Waals surface area contributed by atoms with Crippen LogP contribution in [0.1, 0.15) is 27.9 Å². The molecule has 1 N–H and O–H groups in total. The number of hydrogen-bond donors (Lipinski definition) is 1. The number of fused-ring (bicyclic) bond motifs is 3. The number of rotatable bonds is 2. The van der Waals surface area contributed by atoms with Crippen molar-refractivity contribution in [1.29, 1.82) is 0 Å². The van der Waals surface area contributed by atoms with Gasteiger partial charge in [0.25, 0.3) is 0 Å². The Balaban J connectivity index is 1.76. The van der Waals surface area contributed by atoms with Gasteiger partial charge in [-0.05, 0) is 62.1 Å². The van der Waals surface area contributed by atoms with Crippen LogP contribution in [0.2, 0.25) is 0 Å². The van der Waals surface area contributed by atoms with Gasteiger partial charge in [0.05, 0.1) is 11.4 Å². The number of halogens is 1. The third kappa shape index (κ3) is 2.64. The van der Waals surface area contributed by atoms with E-state index in [1.54, 1.807) is 6.07 Å². The average molecular weight is 372 g/mol. The molecular weight excluding hydrogens is 351 g/mol. The van der Waals surface area contributed by atoms with Crippen molar-refractivity contribution >= 4 is 20.9 Å². The molecule has 0 radical (unpaired) electrons. The molecule has 1 aromatic heterocycles. The van der Waals surface area contributed by atoms with Crippen molar-refractivity contribution in [2.75, 3.05) is 6.54 Å². The Kier molecular flexibility index (Phi) is 3.93. The molecule has 1 aliphatic rings. The minimum Gasteiger partial charge on any atom is -0.357 e. The molecule has 1 aliphatic heterocycles. The molecule has 0 amide bonds. The lowest BCUT2D eigenvalue weighted by Gasteiger charge is -2.28. The van der Waals surface area contributed by atoms with E-state index in [4.69, 9.17) is 0 Å². The fraction of sp³-hybridized carbons (Fsp3) is 0.300. The molecule has 2 heterocycles. The van der Waals surface area contributed by atoms with E-state index in [-0.39, 0.29) is 12.4 Å². The smallest absolute Gasteiger partial charge is 0.243 e. The molecular formula is C20H21FN2O2S. The summed E-state index contributed by atoms with van der Waals surface area (Å²) in [4.78, 5) is 3.66. The van der Waals surface area contributed by atoms with Gasteiger partial charge in [0, 0.05) is 23.1 Å². The summed E-state index contributed by atoms with van der Waals surface area (Å²) >= 11 is 0. The molecule has 0 saturated heterocycles. The van der Waals surface area contributed by atoms with Crippen LogP contribution in [0.25, 0.3) is 10.9 Å². The number of benzene rings is 2. The van der Waals surface area contributed by atoms with E-state index in [1.165, 1.54) is 16.4 Å². The Morgan fingerprint density at radius 1 is 1.08 bits per heavy atom. The van der Waals surface area contributed by atoms with Gasteiger partial charge in [-0.1, -0.05) is 17.7 Å². The minimum atomic E-state index is -3.59. The van der Waals surface area contributed by atoms with Gasteiger partial charge in [0.15, 0.2) is 0 Å². The van der Waals surface area contributed by atoms with E-state index in [9.17, 15) is 12.8 Å². The van der Waals surface area contributed by atoms with Crippen molar-refractivity contribution in [2.45, 2.75) is 38.6 Å². The number of hydrogen-bond acceptors (Lipinski definition) is 2. The Hall–Kier alpha value is -2.18. The molecule has 0 bridgehead atoms. The van der Waals surface area contributed by atoms with Crippen LogP contribution < -0.4 is 0 Å². The molecule has 0 saturated carbocycles. The first kappa shape index (κ1) is 17.2. The van der Waals surface area contributed by atoms with Crippen molar-refractivity contribution in [3.05, 3.63) is 64.1 Å². The van der Waals surface area contributed by atoms with Crippen molar-refractivity contribution in [3.63, 3.8) is 0 Å². The molecule has 26 heavy (non-hydrogen) atoms. The maximum Gasteiger partial charge on any atom is 0.243 e. The number of aromatic nitrogens is 1. The van der Waals surface area contributed by atoms with E-state index >= 15 is 0 Å². The van der Waals surface area contributed by atoms with Gasteiger partial charge in [0.2, 0.25) is 10.0 Å². The summed E-state index contributed by atoms with van der Waals surface area (Å²) in [5, 5.41) is 0.847. The van der Waals surface area contributed by atoms with Crippen LogP contribution in [0.3, 0.4) is 0 Å². The van der Waals surface area contributed by atoms with Crippen LogP contribution in [-0.4, -0.2) is 24.3 Å². The van der Waals surface area contributed by atoms with Crippen molar-refractivity contribution in [1.82, 2.24) is 9.29 Å². The fourth-order valence-corrected chi connectivity index (χ4v) is 5.92. The van der Waals surface area contributed by atoms with Crippen LogP contribution in [0.15, 0.2) is 35.2 Å².